The molecular formula is C26H28F6N6O. The fourth-order valence-corrected chi connectivity index (χ4v) is 7.54. The molecule has 3 saturated carbocycles. The third kappa shape index (κ3) is 4.26. The third-order valence-electron chi connectivity index (χ3n) is 9.54. The predicted molar refractivity (Wildman–Crippen MR) is 124 cm³/mol. The van der Waals surface area contributed by atoms with E-state index in [1.54, 1.807) is 0 Å². The van der Waals surface area contributed by atoms with Crippen LogP contribution in [0.15, 0.2) is 12.3 Å². The Morgan fingerprint density at radius 1 is 0.974 bits per heavy atom. The Bertz CT molecular complexity index is 1290. The van der Waals surface area contributed by atoms with Crippen LogP contribution in [0.5, 0.6) is 0 Å². The highest BCUT2D eigenvalue weighted by molar-refractivity contribution is 5.77. The second kappa shape index (κ2) is 8.09. The number of carbonyl (C=O) groups is 1. The van der Waals surface area contributed by atoms with Crippen LogP contribution >= 0.6 is 0 Å². The third-order valence-corrected chi connectivity index (χ3v) is 9.54. The number of alkyl halides is 5. The standard InChI is InChI=1S/C26H28F6N6O/c27-18-2-17(26(30,31)32)9-33-19(18)1-14-3-23(4-14)10-37(11-23)22(39)38-12-24(13-38)5-15(6-24)20-34-21(36-35-20)16-7-25(28,29)8-16/h2,9,14-16H,1,3-8,10-13H2,(H,34,35,36). The van der Waals surface area contributed by atoms with Crippen molar-refractivity contribution in [3.8, 4) is 0 Å². The number of likely N-dealkylation sites (tertiary alicyclic amines) is 2. The molecule has 4 heterocycles. The molecular weight excluding hydrogens is 526 g/mol. The van der Waals surface area contributed by atoms with Crippen LogP contribution in [0.4, 0.5) is 31.1 Å². The molecule has 7 rings (SSSR count). The van der Waals surface area contributed by atoms with Gasteiger partial charge >= 0.3 is 12.2 Å². The molecule has 3 aliphatic carbocycles. The first-order chi connectivity index (χ1) is 18.3. The Hall–Kier alpha value is -2.86. The summed E-state index contributed by atoms with van der Waals surface area (Å²) in [5.74, 6) is -2.20. The first-order valence-corrected chi connectivity index (χ1v) is 13.4. The lowest BCUT2D eigenvalue weighted by Crippen LogP contribution is -2.71. The molecule has 2 aliphatic heterocycles. The Kier molecular flexibility index (Phi) is 5.21. The Morgan fingerprint density at radius 3 is 2.15 bits per heavy atom. The second-order valence-electron chi connectivity index (χ2n) is 12.8. The van der Waals surface area contributed by atoms with Gasteiger partial charge in [-0.2, -0.15) is 18.3 Å². The number of H-pyrrole nitrogens is 1. The van der Waals surface area contributed by atoms with Crippen LogP contribution in [-0.2, 0) is 12.6 Å². The molecule has 7 nitrogen and oxygen atoms in total. The van der Waals surface area contributed by atoms with E-state index in [4.69, 9.17) is 0 Å². The number of aromatic nitrogens is 4. The zero-order valence-electron chi connectivity index (χ0n) is 21.1. The molecule has 0 aromatic carbocycles. The van der Waals surface area contributed by atoms with E-state index in [1.165, 1.54) is 0 Å². The molecule has 210 valence electrons. The van der Waals surface area contributed by atoms with Crippen LogP contribution in [0.3, 0.4) is 0 Å². The zero-order valence-corrected chi connectivity index (χ0v) is 21.1. The van der Waals surface area contributed by atoms with Crippen molar-refractivity contribution in [3.63, 3.8) is 0 Å². The van der Waals surface area contributed by atoms with Crippen molar-refractivity contribution in [2.45, 2.75) is 68.9 Å². The molecule has 1 N–H and O–H groups in total. The molecule has 0 atom stereocenters. The summed E-state index contributed by atoms with van der Waals surface area (Å²) in [5, 5.41) is 7.08. The van der Waals surface area contributed by atoms with Crippen LogP contribution in [0, 0.1) is 22.6 Å². The molecule has 39 heavy (non-hydrogen) atoms. The molecule has 2 aromatic rings. The fraction of sp³-hybridized carbons (Fsp3) is 0.692. The molecule has 0 bridgehead atoms. The molecule has 0 unspecified atom stereocenters. The number of aromatic amines is 1. The summed E-state index contributed by atoms with van der Waals surface area (Å²) in [6.45, 7) is 2.70. The van der Waals surface area contributed by atoms with Gasteiger partial charge in [-0.3, -0.25) is 10.1 Å². The van der Waals surface area contributed by atoms with E-state index in [0.29, 0.717) is 50.7 Å². The normalized spacial score (nSPS) is 25.6. The topological polar surface area (TPSA) is 78.0 Å². The average molecular weight is 555 g/mol. The highest BCUT2D eigenvalue weighted by atomic mass is 19.4. The minimum absolute atomic E-state index is 0.0290. The van der Waals surface area contributed by atoms with Crippen LogP contribution in [-0.4, -0.2) is 68.1 Å². The minimum atomic E-state index is -4.62. The molecule has 0 radical (unpaired) electrons. The van der Waals surface area contributed by atoms with E-state index in [0.717, 1.165) is 31.5 Å². The van der Waals surface area contributed by atoms with Gasteiger partial charge in [0.1, 0.15) is 11.6 Å². The van der Waals surface area contributed by atoms with Gasteiger partial charge in [0.15, 0.2) is 5.82 Å². The summed E-state index contributed by atoms with van der Waals surface area (Å²) >= 11 is 0. The van der Waals surface area contributed by atoms with E-state index >= 15 is 0 Å². The van der Waals surface area contributed by atoms with E-state index in [9.17, 15) is 31.1 Å². The van der Waals surface area contributed by atoms with Crippen molar-refractivity contribution in [3.05, 3.63) is 41.0 Å². The van der Waals surface area contributed by atoms with Crippen LogP contribution < -0.4 is 0 Å². The monoisotopic (exact) mass is 554 g/mol. The first-order valence-electron chi connectivity index (χ1n) is 13.4. The van der Waals surface area contributed by atoms with Crippen molar-refractivity contribution in [1.82, 2.24) is 30.0 Å². The first kappa shape index (κ1) is 25.1. The van der Waals surface area contributed by atoms with Gasteiger partial charge in [0.2, 0.25) is 5.92 Å². The number of carbonyl (C=O) groups excluding carboxylic acids is 1. The lowest BCUT2D eigenvalue weighted by Gasteiger charge is -2.63. The van der Waals surface area contributed by atoms with Gasteiger partial charge in [-0.1, -0.05) is 0 Å². The summed E-state index contributed by atoms with van der Waals surface area (Å²) < 4.78 is 78.6. The molecule has 13 heteroatoms. The lowest BCUT2D eigenvalue weighted by molar-refractivity contribution is -0.138. The van der Waals surface area contributed by atoms with Crippen molar-refractivity contribution < 1.29 is 31.1 Å². The SMILES string of the molecule is O=C(N1CC2(CC(Cc3ncc(C(F)(F)F)cc3F)C2)C1)N1CC2(CC(c3nc(C4CC(F)(F)C4)n[nH]3)C2)C1. The Labute approximate surface area is 220 Å². The average Bonchev–Trinajstić information content (AvgIpc) is 3.20. The van der Waals surface area contributed by atoms with Gasteiger partial charge in [0.25, 0.3) is 0 Å². The van der Waals surface area contributed by atoms with Crippen LogP contribution in [0.1, 0.15) is 73.3 Å². The largest absolute Gasteiger partial charge is 0.417 e. The van der Waals surface area contributed by atoms with Crippen LogP contribution in [0.25, 0.3) is 0 Å². The lowest BCUT2D eigenvalue weighted by atomic mass is 9.56. The number of hydrogen-bond donors (Lipinski definition) is 1. The molecule has 2 saturated heterocycles. The van der Waals surface area contributed by atoms with Gasteiger partial charge in [-0.25, -0.2) is 22.9 Å². The number of halogens is 6. The van der Waals surface area contributed by atoms with Crippen LogP contribution in [0.2, 0.25) is 0 Å². The number of pyridine rings is 1. The number of amides is 2. The van der Waals surface area contributed by atoms with E-state index < -0.39 is 23.5 Å². The van der Waals surface area contributed by atoms with Gasteiger partial charge in [0, 0.05) is 67.9 Å². The van der Waals surface area contributed by atoms with Crippen molar-refractivity contribution >= 4 is 6.03 Å². The quantitative estimate of drug-likeness (QED) is 0.532. The van der Waals surface area contributed by atoms with E-state index in [2.05, 4.69) is 20.2 Å². The van der Waals surface area contributed by atoms with Crippen molar-refractivity contribution in [2.24, 2.45) is 16.7 Å². The molecule has 5 aliphatic rings. The second-order valence-corrected chi connectivity index (χ2v) is 12.8. The Morgan fingerprint density at radius 2 is 1.59 bits per heavy atom. The van der Waals surface area contributed by atoms with E-state index in [-0.39, 0.29) is 53.2 Å². The molecule has 2 aromatic heterocycles. The van der Waals surface area contributed by atoms with E-state index in [1.807, 2.05) is 9.80 Å². The maximum Gasteiger partial charge on any atom is 0.417 e. The number of nitrogens with one attached hydrogen (secondary N) is 1. The van der Waals surface area contributed by atoms with Crippen molar-refractivity contribution in [2.75, 3.05) is 26.2 Å². The van der Waals surface area contributed by atoms with Gasteiger partial charge in [-0.05, 0) is 44.1 Å². The zero-order chi connectivity index (χ0) is 27.4. The summed E-state index contributed by atoms with van der Waals surface area (Å²) in [7, 11) is 0. The smallest absolute Gasteiger partial charge is 0.323 e. The molecule has 2 amide bonds. The van der Waals surface area contributed by atoms with Crippen molar-refractivity contribution in [1.29, 1.82) is 0 Å². The predicted octanol–water partition coefficient (Wildman–Crippen LogP) is 5.12. The van der Waals surface area contributed by atoms with Gasteiger partial charge in [-0.15, -0.1) is 0 Å². The Balaban J connectivity index is 0.837. The van der Waals surface area contributed by atoms with Gasteiger partial charge < -0.3 is 9.80 Å². The molecule has 5 fully saturated rings. The minimum Gasteiger partial charge on any atom is -0.323 e. The number of rotatable bonds is 4. The maximum absolute atomic E-state index is 14.1. The molecule has 2 spiro atoms. The highest BCUT2D eigenvalue weighted by Gasteiger charge is 2.59. The fourth-order valence-electron chi connectivity index (χ4n) is 7.54. The number of hydrogen-bond acceptors (Lipinski definition) is 4. The van der Waals surface area contributed by atoms with Gasteiger partial charge in [0.05, 0.1) is 11.3 Å². The highest BCUT2D eigenvalue weighted by Crippen LogP contribution is 2.57. The summed E-state index contributed by atoms with van der Waals surface area (Å²) in [5.41, 5.74) is -0.898. The number of urea groups is 1. The summed E-state index contributed by atoms with van der Waals surface area (Å²) in [6.07, 6.45) is -0.611. The summed E-state index contributed by atoms with van der Waals surface area (Å²) in [6, 6.07) is 0.535. The maximum atomic E-state index is 14.1. The summed E-state index contributed by atoms with van der Waals surface area (Å²) in [4.78, 5) is 24.8. The number of nitrogens with zero attached hydrogens (tertiary/aromatic N) is 5.